The van der Waals surface area contributed by atoms with Gasteiger partial charge >= 0.3 is 0 Å². The number of likely N-dealkylation sites (tertiary alicyclic amines) is 1. The maximum Gasteiger partial charge on any atom is 0.0166 e. The molecule has 3 nitrogen and oxygen atoms in total. The molecule has 1 unspecified atom stereocenters. The van der Waals surface area contributed by atoms with E-state index in [1.807, 2.05) is 0 Å². The van der Waals surface area contributed by atoms with Crippen LogP contribution in [0.5, 0.6) is 0 Å². The van der Waals surface area contributed by atoms with Gasteiger partial charge in [0, 0.05) is 18.6 Å². The Morgan fingerprint density at radius 3 is 2.65 bits per heavy atom. The summed E-state index contributed by atoms with van der Waals surface area (Å²) in [6, 6.07) is 0. The van der Waals surface area contributed by atoms with E-state index in [2.05, 4.69) is 23.9 Å². The lowest BCUT2D eigenvalue weighted by Crippen LogP contribution is -2.40. The van der Waals surface area contributed by atoms with Gasteiger partial charge in [-0.3, -0.25) is 0 Å². The van der Waals surface area contributed by atoms with E-state index in [9.17, 15) is 0 Å². The van der Waals surface area contributed by atoms with Gasteiger partial charge in [-0.15, -0.1) is 0 Å². The summed E-state index contributed by atoms with van der Waals surface area (Å²) in [6.07, 6.45) is 7.72. The van der Waals surface area contributed by atoms with Crippen molar-refractivity contribution in [3.8, 4) is 0 Å². The molecule has 0 bridgehead atoms. The van der Waals surface area contributed by atoms with Crippen LogP contribution in [0.15, 0.2) is 0 Å². The maximum atomic E-state index is 6.40. The van der Waals surface area contributed by atoms with E-state index in [4.69, 9.17) is 5.73 Å². The lowest BCUT2D eigenvalue weighted by molar-refractivity contribution is 0.243. The summed E-state index contributed by atoms with van der Waals surface area (Å²) < 4.78 is 0. The Morgan fingerprint density at radius 1 is 1.35 bits per heavy atom. The van der Waals surface area contributed by atoms with Crippen LogP contribution in [0.4, 0.5) is 0 Å². The highest BCUT2D eigenvalue weighted by atomic mass is 15.1. The summed E-state index contributed by atoms with van der Waals surface area (Å²) in [4.78, 5) is 4.94. The molecular weight excluding hydrogens is 210 g/mol. The number of hydrogen-bond acceptors (Lipinski definition) is 3. The van der Waals surface area contributed by atoms with Crippen molar-refractivity contribution >= 4 is 0 Å². The van der Waals surface area contributed by atoms with Crippen molar-refractivity contribution in [1.82, 2.24) is 9.80 Å². The van der Waals surface area contributed by atoms with Gasteiger partial charge in [-0.2, -0.15) is 0 Å². The first-order valence-corrected chi connectivity index (χ1v) is 7.23. The third-order valence-electron chi connectivity index (χ3n) is 4.65. The predicted octanol–water partition coefficient (Wildman–Crippen LogP) is 1.53. The zero-order valence-electron chi connectivity index (χ0n) is 11.6. The Hall–Kier alpha value is -0.120. The quantitative estimate of drug-likeness (QED) is 0.790. The van der Waals surface area contributed by atoms with Gasteiger partial charge in [-0.1, -0.05) is 12.8 Å². The first kappa shape index (κ1) is 13.3. The molecular formula is C14H29N3. The average Bonchev–Trinajstić information content (AvgIpc) is 2.86. The smallest absolute Gasteiger partial charge is 0.0166 e. The van der Waals surface area contributed by atoms with E-state index in [0.29, 0.717) is 0 Å². The zero-order valence-corrected chi connectivity index (χ0v) is 11.6. The van der Waals surface area contributed by atoms with Crippen LogP contribution in [0.3, 0.4) is 0 Å². The van der Waals surface area contributed by atoms with Crippen LogP contribution in [0.2, 0.25) is 0 Å². The molecule has 0 spiro atoms. The molecule has 100 valence electrons. The summed E-state index contributed by atoms with van der Waals surface area (Å²) in [6.45, 7) is 4.98. The van der Waals surface area contributed by atoms with E-state index >= 15 is 0 Å². The number of nitrogens with zero attached hydrogens (tertiary/aromatic N) is 2. The van der Waals surface area contributed by atoms with Gasteiger partial charge in [0.05, 0.1) is 0 Å². The van der Waals surface area contributed by atoms with Crippen LogP contribution >= 0.6 is 0 Å². The maximum absolute atomic E-state index is 6.40. The molecule has 2 aliphatic rings. The second kappa shape index (κ2) is 5.68. The normalized spacial score (nSPS) is 29.3. The van der Waals surface area contributed by atoms with E-state index in [1.165, 1.54) is 64.7 Å². The Labute approximate surface area is 106 Å². The van der Waals surface area contributed by atoms with Crippen LogP contribution < -0.4 is 5.73 Å². The van der Waals surface area contributed by atoms with Gasteiger partial charge in [0.15, 0.2) is 0 Å². The fraction of sp³-hybridized carbons (Fsp3) is 1.00. The van der Waals surface area contributed by atoms with Crippen LogP contribution in [-0.2, 0) is 0 Å². The average molecular weight is 239 g/mol. The lowest BCUT2D eigenvalue weighted by atomic mass is 9.94. The van der Waals surface area contributed by atoms with Gasteiger partial charge in [0.2, 0.25) is 0 Å². The minimum Gasteiger partial charge on any atom is -0.325 e. The second-order valence-corrected chi connectivity index (χ2v) is 6.50. The standard InChI is InChI=1S/C14H29N3/c1-16-9-5-13(11-16)12-17(2)10-8-14(15)6-3-4-7-14/h13H,3-12,15H2,1-2H3. The van der Waals surface area contributed by atoms with Crippen molar-refractivity contribution in [2.45, 2.75) is 44.1 Å². The molecule has 1 saturated heterocycles. The zero-order chi connectivity index (χ0) is 12.3. The summed E-state index contributed by atoms with van der Waals surface area (Å²) >= 11 is 0. The lowest BCUT2D eigenvalue weighted by Gasteiger charge is -2.28. The third-order valence-corrected chi connectivity index (χ3v) is 4.65. The summed E-state index contributed by atoms with van der Waals surface area (Å²) in [5, 5.41) is 0. The molecule has 2 N–H and O–H groups in total. The topological polar surface area (TPSA) is 32.5 Å². The predicted molar refractivity (Wildman–Crippen MR) is 73.1 cm³/mol. The van der Waals surface area contributed by atoms with Gasteiger partial charge in [0.25, 0.3) is 0 Å². The summed E-state index contributed by atoms with van der Waals surface area (Å²) in [5.41, 5.74) is 6.57. The molecule has 0 aromatic carbocycles. The summed E-state index contributed by atoms with van der Waals surface area (Å²) in [5.74, 6) is 0.877. The highest BCUT2D eigenvalue weighted by molar-refractivity contribution is 4.89. The fourth-order valence-corrected chi connectivity index (χ4v) is 3.45. The molecule has 2 rings (SSSR count). The SMILES string of the molecule is CN1CCC(CN(C)CCC2(N)CCCC2)C1. The van der Waals surface area contributed by atoms with Crippen LogP contribution in [-0.4, -0.2) is 55.6 Å². The molecule has 1 saturated carbocycles. The van der Waals surface area contributed by atoms with Crippen molar-refractivity contribution in [2.75, 3.05) is 40.3 Å². The van der Waals surface area contributed by atoms with Crippen molar-refractivity contribution in [2.24, 2.45) is 11.7 Å². The number of nitrogens with two attached hydrogens (primary N) is 1. The highest BCUT2D eigenvalue weighted by Crippen LogP contribution is 2.30. The molecule has 17 heavy (non-hydrogen) atoms. The van der Waals surface area contributed by atoms with Crippen LogP contribution in [0, 0.1) is 5.92 Å². The Morgan fingerprint density at radius 2 is 2.06 bits per heavy atom. The van der Waals surface area contributed by atoms with E-state index in [-0.39, 0.29) is 5.54 Å². The largest absolute Gasteiger partial charge is 0.325 e. The minimum absolute atomic E-state index is 0.167. The van der Waals surface area contributed by atoms with Crippen molar-refractivity contribution < 1.29 is 0 Å². The first-order chi connectivity index (χ1) is 8.07. The molecule has 2 fully saturated rings. The Kier molecular flexibility index (Phi) is 4.45. The Bertz CT molecular complexity index is 236. The van der Waals surface area contributed by atoms with Crippen LogP contribution in [0.25, 0.3) is 0 Å². The molecule has 0 amide bonds. The molecule has 0 radical (unpaired) electrons. The number of rotatable bonds is 5. The van der Waals surface area contributed by atoms with E-state index in [1.54, 1.807) is 0 Å². The van der Waals surface area contributed by atoms with Crippen LogP contribution in [0.1, 0.15) is 38.5 Å². The monoisotopic (exact) mass is 239 g/mol. The van der Waals surface area contributed by atoms with Gasteiger partial charge in [-0.05, 0) is 58.8 Å². The van der Waals surface area contributed by atoms with Crippen molar-refractivity contribution in [1.29, 1.82) is 0 Å². The second-order valence-electron chi connectivity index (χ2n) is 6.50. The number of hydrogen-bond donors (Lipinski definition) is 1. The molecule has 0 aromatic heterocycles. The van der Waals surface area contributed by atoms with Crippen molar-refractivity contribution in [3.63, 3.8) is 0 Å². The first-order valence-electron chi connectivity index (χ1n) is 7.23. The van der Waals surface area contributed by atoms with E-state index in [0.717, 1.165) is 5.92 Å². The molecule has 1 aliphatic carbocycles. The molecule has 0 aromatic rings. The third kappa shape index (κ3) is 3.94. The van der Waals surface area contributed by atoms with Gasteiger partial charge in [0.1, 0.15) is 0 Å². The molecule has 1 heterocycles. The fourth-order valence-electron chi connectivity index (χ4n) is 3.45. The summed E-state index contributed by atoms with van der Waals surface area (Å²) in [7, 11) is 4.49. The highest BCUT2D eigenvalue weighted by Gasteiger charge is 2.29. The Balaban J connectivity index is 1.65. The minimum atomic E-state index is 0.167. The molecule has 1 atom stereocenters. The van der Waals surface area contributed by atoms with E-state index < -0.39 is 0 Å². The molecule has 3 heteroatoms. The molecule has 1 aliphatic heterocycles. The van der Waals surface area contributed by atoms with Crippen molar-refractivity contribution in [3.05, 3.63) is 0 Å². The van der Waals surface area contributed by atoms with Gasteiger partial charge < -0.3 is 15.5 Å². The van der Waals surface area contributed by atoms with Gasteiger partial charge in [-0.25, -0.2) is 0 Å².